The van der Waals surface area contributed by atoms with Crippen LogP contribution in [0.1, 0.15) is 39.5 Å². The zero-order valence-corrected chi connectivity index (χ0v) is 16.8. The Balaban J connectivity index is 1.44. The van der Waals surface area contributed by atoms with Crippen molar-refractivity contribution in [3.05, 3.63) is 76.4 Å². The first-order chi connectivity index (χ1) is 14.1. The smallest absolute Gasteiger partial charge is 0.264 e. The normalized spacial score (nSPS) is 13.9. The minimum absolute atomic E-state index is 0.0397. The molecule has 7 heteroatoms. The number of carbonyl (C=O) groups excluding carboxylic acids is 1. The minimum Gasteiger partial charge on any atom is -0.467 e. The molecule has 0 atom stereocenters. The Labute approximate surface area is 171 Å². The Morgan fingerprint density at radius 1 is 1.31 bits per heavy atom. The summed E-state index contributed by atoms with van der Waals surface area (Å²) in [4.78, 5) is 16.9. The Morgan fingerprint density at radius 2 is 2.10 bits per heavy atom. The third kappa shape index (κ3) is 3.58. The first-order valence-electron chi connectivity index (χ1n) is 9.63. The summed E-state index contributed by atoms with van der Waals surface area (Å²) in [5.41, 5.74) is 1.86. The topological polar surface area (TPSA) is 51.3 Å². The van der Waals surface area contributed by atoms with Crippen LogP contribution in [0.4, 0.5) is 4.39 Å². The lowest BCUT2D eigenvalue weighted by Crippen LogP contribution is -2.31. The van der Waals surface area contributed by atoms with Crippen molar-refractivity contribution in [1.29, 1.82) is 0 Å². The largest absolute Gasteiger partial charge is 0.467 e. The molecular formula is C22H20FN3O2S. The Kier molecular flexibility index (Phi) is 4.47. The molecular weight excluding hydrogens is 389 g/mol. The lowest BCUT2D eigenvalue weighted by molar-refractivity contribution is 0.0722. The second kappa shape index (κ2) is 7.15. The number of nitrogens with zero attached hydrogens (tertiary/aromatic N) is 3. The van der Waals surface area contributed by atoms with Crippen molar-refractivity contribution in [3.63, 3.8) is 0 Å². The predicted octanol–water partition coefficient (Wildman–Crippen LogP) is 4.99. The molecule has 1 aliphatic carbocycles. The lowest BCUT2D eigenvalue weighted by Gasteiger charge is -2.20. The molecule has 29 heavy (non-hydrogen) atoms. The quantitative estimate of drug-likeness (QED) is 0.451. The van der Waals surface area contributed by atoms with E-state index in [0.717, 1.165) is 40.1 Å². The molecule has 0 saturated heterocycles. The molecule has 4 aromatic rings. The molecule has 5 rings (SSSR count). The number of carbonyl (C=O) groups is 1. The summed E-state index contributed by atoms with van der Waals surface area (Å²) < 4.78 is 20.5. The van der Waals surface area contributed by atoms with Gasteiger partial charge in [0.2, 0.25) is 0 Å². The van der Waals surface area contributed by atoms with Gasteiger partial charge in [0, 0.05) is 11.4 Å². The van der Waals surface area contributed by atoms with E-state index >= 15 is 0 Å². The van der Waals surface area contributed by atoms with Crippen molar-refractivity contribution in [2.75, 3.05) is 0 Å². The van der Waals surface area contributed by atoms with E-state index in [-0.39, 0.29) is 17.8 Å². The van der Waals surface area contributed by atoms with Gasteiger partial charge in [-0.2, -0.15) is 5.10 Å². The van der Waals surface area contributed by atoms with E-state index in [1.54, 1.807) is 18.4 Å². The fourth-order valence-corrected chi connectivity index (χ4v) is 4.67. The van der Waals surface area contributed by atoms with Crippen LogP contribution in [-0.2, 0) is 13.1 Å². The average molecular weight is 409 g/mol. The zero-order chi connectivity index (χ0) is 20.0. The van der Waals surface area contributed by atoms with Crippen LogP contribution in [0.5, 0.6) is 0 Å². The van der Waals surface area contributed by atoms with E-state index in [9.17, 15) is 9.18 Å². The van der Waals surface area contributed by atoms with Crippen molar-refractivity contribution < 1.29 is 13.6 Å². The second-order valence-corrected chi connectivity index (χ2v) is 8.47. The van der Waals surface area contributed by atoms with Gasteiger partial charge in [-0.3, -0.25) is 9.48 Å². The maximum atomic E-state index is 13.3. The number of benzene rings is 1. The number of aromatic nitrogens is 2. The van der Waals surface area contributed by atoms with Gasteiger partial charge in [-0.05, 0) is 55.7 Å². The van der Waals surface area contributed by atoms with Crippen LogP contribution in [0.25, 0.3) is 10.2 Å². The molecule has 3 heterocycles. The minimum atomic E-state index is -0.253. The number of halogens is 1. The molecule has 3 aromatic heterocycles. The van der Waals surface area contributed by atoms with E-state index in [1.807, 2.05) is 34.7 Å². The van der Waals surface area contributed by atoms with Crippen molar-refractivity contribution in [2.24, 2.45) is 0 Å². The van der Waals surface area contributed by atoms with Gasteiger partial charge in [-0.15, -0.1) is 11.3 Å². The molecule has 1 amide bonds. The van der Waals surface area contributed by atoms with Gasteiger partial charge in [0.25, 0.3) is 5.91 Å². The molecule has 5 nitrogen and oxygen atoms in total. The third-order valence-electron chi connectivity index (χ3n) is 5.22. The zero-order valence-electron chi connectivity index (χ0n) is 16.0. The van der Waals surface area contributed by atoms with Gasteiger partial charge < -0.3 is 9.32 Å². The van der Waals surface area contributed by atoms with Crippen LogP contribution < -0.4 is 0 Å². The first-order valence-corrected chi connectivity index (χ1v) is 10.4. The van der Waals surface area contributed by atoms with E-state index in [1.165, 1.54) is 23.5 Å². The van der Waals surface area contributed by atoms with Gasteiger partial charge in [0.05, 0.1) is 29.9 Å². The molecule has 0 unspecified atom stereocenters. The first kappa shape index (κ1) is 18.1. The molecule has 0 radical (unpaired) electrons. The number of fused-ring (bicyclic) bond motifs is 1. The van der Waals surface area contributed by atoms with Gasteiger partial charge in [-0.25, -0.2) is 4.39 Å². The number of hydrogen-bond acceptors (Lipinski definition) is 4. The highest BCUT2D eigenvalue weighted by Crippen LogP contribution is 2.34. The van der Waals surface area contributed by atoms with Crippen molar-refractivity contribution in [3.8, 4) is 0 Å². The molecule has 0 spiro atoms. The molecule has 148 valence electrons. The number of furan rings is 1. The summed E-state index contributed by atoms with van der Waals surface area (Å²) in [7, 11) is 0. The predicted molar refractivity (Wildman–Crippen MR) is 109 cm³/mol. The highest BCUT2D eigenvalue weighted by Gasteiger charge is 2.34. The molecule has 0 N–H and O–H groups in total. The fourth-order valence-electron chi connectivity index (χ4n) is 3.55. The lowest BCUT2D eigenvalue weighted by atomic mass is 10.2. The van der Waals surface area contributed by atoms with Crippen LogP contribution in [0, 0.1) is 12.7 Å². The van der Waals surface area contributed by atoms with E-state index < -0.39 is 0 Å². The molecule has 1 fully saturated rings. The van der Waals surface area contributed by atoms with Crippen LogP contribution in [-0.4, -0.2) is 26.6 Å². The number of aryl methyl sites for hydroxylation is 1. The Bertz CT molecular complexity index is 1160. The summed E-state index contributed by atoms with van der Waals surface area (Å²) in [6, 6.07) is 12.4. The maximum Gasteiger partial charge on any atom is 0.264 e. The summed E-state index contributed by atoms with van der Waals surface area (Å²) in [6.07, 6.45) is 3.71. The molecule has 0 aliphatic heterocycles. The molecule has 1 saturated carbocycles. The number of hydrogen-bond donors (Lipinski definition) is 0. The monoisotopic (exact) mass is 409 g/mol. The molecule has 1 aliphatic rings. The molecule has 1 aromatic carbocycles. The summed E-state index contributed by atoms with van der Waals surface area (Å²) >= 11 is 1.47. The number of rotatable bonds is 6. The van der Waals surface area contributed by atoms with Crippen molar-refractivity contribution in [2.45, 2.75) is 38.9 Å². The van der Waals surface area contributed by atoms with Crippen molar-refractivity contribution in [1.82, 2.24) is 14.7 Å². The van der Waals surface area contributed by atoms with Crippen LogP contribution in [0.15, 0.2) is 53.1 Å². The second-order valence-electron chi connectivity index (χ2n) is 7.44. The standard InChI is InChI=1S/C22H20FN3O2S/c1-14-19-11-20(21(27)25(17-8-9-17)13-18-3-2-10-28-18)29-22(19)26(24-14)12-15-4-6-16(23)7-5-15/h2-7,10-11,17H,8-9,12-13H2,1H3. The highest BCUT2D eigenvalue weighted by atomic mass is 32.1. The van der Waals surface area contributed by atoms with Gasteiger partial charge >= 0.3 is 0 Å². The fraction of sp³-hybridized carbons (Fsp3) is 0.273. The molecule has 0 bridgehead atoms. The van der Waals surface area contributed by atoms with Crippen LogP contribution >= 0.6 is 11.3 Å². The van der Waals surface area contributed by atoms with Crippen molar-refractivity contribution >= 4 is 27.5 Å². The average Bonchev–Trinajstić information content (AvgIpc) is 3.13. The summed E-state index contributed by atoms with van der Waals surface area (Å²) in [5.74, 6) is 0.583. The van der Waals surface area contributed by atoms with Crippen LogP contribution in [0.3, 0.4) is 0 Å². The van der Waals surface area contributed by atoms with Gasteiger partial charge in [-0.1, -0.05) is 12.1 Å². The Morgan fingerprint density at radius 3 is 2.79 bits per heavy atom. The van der Waals surface area contributed by atoms with Gasteiger partial charge in [0.15, 0.2) is 0 Å². The SMILES string of the molecule is Cc1nn(Cc2ccc(F)cc2)c2sc(C(=O)N(Cc3ccco3)C3CC3)cc12. The summed E-state index contributed by atoms with van der Waals surface area (Å²) in [5, 5.41) is 5.61. The van der Waals surface area contributed by atoms with E-state index in [4.69, 9.17) is 4.42 Å². The van der Waals surface area contributed by atoms with E-state index in [2.05, 4.69) is 5.10 Å². The summed E-state index contributed by atoms with van der Waals surface area (Å²) in [6.45, 7) is 2.98. The maximum absolute atomic E-state index is 13.3. The number of amides is 1. The van der Waals surface area contributed by atoms with Crippen LogP contribution in [0.2, 0.25) is 0 Å². The number of thiophene rings is 1. The Hall–Kier alpha value is -2.93. The third-order valence-corrected chi connectivity index (χ3v) is 6.35. The van der Waals surface area contributed by atoms with Gasteiger partial charge in [0.1, 0.15) is 16.4 Å². The highest BCUT2D eigenvalue weighted by molar-refractivity contribution is 7.20. The van der Waals surface area contributed by atoms with E-state index in [0.29, 0.717) is 18.0 Å².